The molecule has 0 saturated carbocycles. The summed E-state index contributed by atoms with van der Waals surface area (Å²) in [5.41, 5.74) is 0.476. The predicted molar refractivity (Wildman–Crippen MR) is 113 cm³/mol. The number of hydrogen-bond acceptors (Lipinski definition) is 5. The first-order valence-electron chi connectivity index (χ1n) is 8.50. The first kappa shape index (κ1) is 23.3. The minimum Gasteiger partial charge on any atom is -0.489 e. The van der Waals surface area contributed by atoms with E-state index in [0.29, 0.717) is 16.5 Å². The van der Waals surface area contributed by atoms with Crippen LogP contribution < -0.4 is 15.4 Å². The summed E-state index contributed by atoms with van der Waals surface area (Å²) < 4.78 is 18.2. The molecule has 0 bridgehead atoms. The van der Waals surface area contributed by atoms with E-state index in [1.54, 1.807) is 18.2 Å². The number of halogens is 3. The summed E-state index contributed by atoms with van der Waals surface area (Å²) >= 11 is 13.0. The summed E-state index contributed by atoms with van der Waals surface area (Å²) in [4.78, 5) is 23.6. The van der Waals surface area contributed by atoms with Gasteiger partial charge in [-0.3, -0.25) is 9.59 Å². The van der Waals surface area contributed by atoms with Crippen molar-refractivity contribution in [2.45, 2.75) is 6.10 Å². The topological polar surface area (TPSA) is 87.7 Å². The number of hydrogen-bond donors (Lipinski definition) is 3. The molecule has 0 aliphatic carbocycles. The lowest BCUT2D eigenvalue weighted by Gasteiger charge is -2.14. The van der Waals surface area contributed by atoms with Crippen LogP contribution in [0, 0.1) is 5.82 Å². The van der Waals surface area contributed by atoms with Gasteiger partial charge in [0.05, 0.1) is 16.5 Å². The molecular formula is C19H19Cl2FN2O4S. The van der Waals surface area contributed by atoms with Crippen molar-refractivity contribution in [3.63, 3.8) is 0 Å². The fourth-order valence-electron chi connectivity index (χ4n) is 2.09. The molecule has 0 radical (unpaired) electrons. The Kier molecular flexibility index (Phi) is 9.53. The number of ether oxygens (including phenoxy) is 1. The molecule has 0 aromatic heterocycles. The van der Waals surface area contributed by atoms with Crippen molar-refractivity contribution in [3.8, 4) is 5.75 Å². The second kappa shape index (κ2) is 11.9. The molecule has 29 heavy (non-hydrogen) atoms. The summed E-state index contributed by atoms with van der Waals surface area (Å²) in [5, 5.41) is 15.6. The summed E-state index contributed by atoms with van der Waals surface area (Å²) in [7, 11) is 0. The highest BCUT2D eigenvalue weighted by atomic mass is 35.5. The van der Waals surface area contributed by atoms with Crippen molar-refractivity contribution in [3.05, 3.63) is 58.3 Å². The summed E-state index contributed by atoms with van der Waals surface area (Å²) in [5.74, 6) is -0.580. The zero-order valence-electron chi connectivity index (χ0n) is 15.2. The van der Waals surface area contributed by atoms with Crippen LogP contribution in [-0.4, -0.2) is 47.7 Å². The van der Waals surface area contributed by atoms with E-state index >= 15 is 0 Å². The molecule has 2 aromatic carbocycles. The zero-order valence-corrected chi connectivity index (χ0v) is 17.5. The van der Waals surface area contributed by atoms with Gasteiger partial charge in [-0.15, -0.1) is 11.8 Å². The van der Waals surface area contributed by atoms with Gasteiger partial charge < -0.3 is 20.5 Å². The largest absolute Gasteiger partial charge is 0.489 e. The first-order valence-corrected chi connectivity index (χ1v) is 10.4. The Balaban J connectivity index is 1.60. The number of aliphatic hydroxyl groups is 1. The van der Waals surface area contributed by atoms with E-state index in [2.05, 4.69) is 10.6 Å². The van der Waals surface area contributed by atoms with Crippen LogP contribution in [0.15, 0.2) is 42.5 Å². The number of rotatable bonds is 10. The van der Waals surface area contributed by atoms with Gasteiger partial charge in [0.25, 0.3) is 0 Å². The Bertz CT molecular complexity index is 839. The first-order chi connectivity index (χ1) is 13.8. The van der Waals surface area contributed by atoms with Gasteiger partial charge in [-0.05, 0) is 36.4 Å². The van der Waals surface area contributed by atoms with Gasteiger partial charge in [0.15, 0.2) is 0 Å². The van der Waals surface area contributed by atoms with Crippen LogP contribution in [0.25, 0.3) is 0 Å². The van der Waals surface area contributed by atoms with Gasteiger partial charge in [-0.1, -0.05) is 29.3 Å². The van der Waals surface area contributed by atoms with E-state index in [9.17, 15) is 19.1 Å². The summed E-state index contributed by atoms with van der Waals surface area (Å²) in [6.45, 7) is -0.0904. The van der Waals surface area contributed by atoms with Gasteiger partial charge in [0.1, 0.15) is 29.3 Å². The van der Waals surface area contributed by atoms with Crippen LogP contribution in [0.2, 0.25) is 10.0 Å². The third kappa shape index (κ3) is 8.49. The van der Waals surface area contributed by atoms with Crippen molar-refractivity contribution in [1.29, 1.82) is 0 Å². The molecule has 2 aromatic rings. The number of anilines is 1. The van der Waals surface area contributed by atoms with Crippen LogP contribution in [0.4, 0.5) is 10.1 Å². The van der Waals surface area contributed by atoms with Crippen molar-refractivity contribution >= 4 is 52.5 Å². The number of nitrogens with one attached hydrogen (secondary N) is 2. The van der Waals surface area contributed by atoms with E-state index in [-0.39, 0.29) is 41.5 Å². The molecule has 0 aliphatic rings. The van der Waals surface area contributed by atoms with Crippen LogP contribution in [0.3, 0.4) is 0 Å². The molecule has 1 unspecified atom stereocenters. The lowest BCUT2D eigenvalue weighted by atomic mass is 10.3. The standard InChI is InChI=1S/C19H19Cl2FN2O4S/c20-15-2-1-3-16(19(15)21)28-9-14(25)8-23-17(26)10-29-11-18(27)24-13-6-4-12(22)5-7-13/h1-7,14,25H,8-11H2,(H,23,26)(H,24,27). The molecule has 156 valence electrons. The maximum Gasteiger partial charge on any atom is 0.234 e. The van der Waals surface area contributed by atoms with E-state index in [4.69, 9.17) is 27.9 Å². The summed E-state index contributed by atoms with van der Waals surface area (Å²) in [6.07, 6.45) is -0.944. The second-order valence-electron chi connectivity index (χ2n) is 5.87. The molecule has 3 N–H and O–H groups in total. The number of thioether (sulfide) groups is 1. The van der Waals surface area contributed by atoms with Crippen molar-refractivity contribution in [1.82, 2.24) is 5.32 Å². The SMILES string of the molecule is O=C(CSCC(=O)Nc1ccc(F)cc1)NCC(O)COc1cccc(Cl)c1Cl. The van der Waals surface area contributed by atoms with Gasteiger partial charge in [0, 0.05) is 12.2 Å². The molecule has 10 heteroatoms. The Morgan fingerprint density at radius 1 is 1.10 bits per heavy atom. The molecule has 0 saturated heterocycles. The fraction of sp³-hybridized carbons (Fsp3) is 0.263. The van der Waals surface area contributed by atoms with Crippen LogP contribution in [-0.2, 0) is 9.59 Å². The van der Waals surface area contributed by atoms with Crippen LogP contribution in [0.5, 0.6) is 5.75 Å². The van der Waals surface area contributed by atoms with Gasteiger partial charge in [0.2, 0.25) is 11.8 Å². The molecule has 0 fully saturated rings. The molecular weight excluding hydrogens is 442 g/mol. The highest BCUT2D eigenvalue weighted by Gasteiger charge is 2.11. The quantitative estimate of drug-likeness (QED) is 0.505. The monoisotopic (exact) mass is 460 g/mol. The Labute approximate surface area is 181 Å². The number of carbonyl (C=O) groups is 2. The lowest BCUT2D eigenvalue weighted by Crippen LogP contribution is -2.36. The van der Waals surface area contributed by atoms with Gasteiger partial charge in [-0.25, -0.2) is 4.39 Å². The van der Waals surface area contributed by atoms with E-state index in [1.807, 2.05) is 0 Å². The average Bonchev–Trinajstić information content (AvgIpc) is 2.69. The molecule has 2 rings (SSSR count). The zero-order chi connectivity index (χ0) is 21.2. The Morgan fingerprint density at radius 3 is 2.52 bits per heavy atom. The van der Waals surface area contributed by atoms with E-state index < -0.39 is 11.9 Å². The fourth-order valence-corrected chi connectivity index (χ4v) is 3.08. The third-order valence-corrected chi connectivity index (χ3v) is 5.21. The molecule has 0 aliphatic heterocycles. The lowest BCUT2D eigenvalue weighted by molar-refractivity contribution is -0.119. The maximum absolute atomic E-state index is 12.8. The maximum atomic E-state index is 12.8. The highest BCUT2D eigenvalue weighted by Crippen LogP contribution is 2.31. The normalized spacial score (nSPS) is 11.6. The number of benzene rings is 2. The van der Waals surface area contributed by atoms with Gasteiger partial charge in [-0.2, -0.15) is 0 Å². The Morgan fingerprint density at radius 2 is 1.79 bits per heavy atom. The minimum atomic E-state index is -0.944. The molecule has 1 atom stereocenters. The van der Waals surface area contributed by atoms with E-state index in [1.165, 1.54) is 24.3 Å². The Hall–Kier alpha value is -2.00. The van der Waals surface area contributed by atoms with Gasteiger partial charge >= 0.3 is 0 Å². The van der Waals surface area contributed by atoms with Crippen molar-refractivity contribution < 1.29 is 23.8 Å². The van der Waals surface area contributed by atoms with Crippen molar-refractivity contribution in [2.24, 2.45) is 0 Å². The predicted octanol–water partition coefficient (Wildman–Crippen LogP) is 3.36. The molecule has 2 amide bonds. The third-order valence-electron chi connectivity index (χ3n) is 3.48. The highest BCUT2D eigenvalue weighted by molar-refractivity contribution is 8.00. The smallest absolute Gasteiger partial charge is 0.234 e. The average molecular weight is 461 g/mol. The number of amides is 2. The number of aliphatic hydroxyl groups excluding tert-OH is 1. The minimum absolute atomic E-state index is 0.0145. The number of carbonyl (C=O) groups excluding carboxylic acids is 2. The van der Waals surface area contributed by atoms with Crippen molar-refractivity contribution in [2.75, 3.05) is 30.0 Å². The second-order valence-corrected chi connectivity index (χ2v) is 7.64. The van der Waals surface area contributed by atoms with Crippen LogP contribution in [0.1, 0.15) is 0 Å². The van der Waals surface area contributed by atoms with E-state index in [0.717, 1.165) is 11.8 Å². The molecule has 6 nitrogen and oxygen atoms in total. The molecule has 0 spiro atoms. The summed E-state index contributed by atoms with van der Waals surface area (Å²) in [6, 6.07) is 10.3. The molecule has 0 heterocycles. The van der Waals surface area contributed by atoms with Crippen LogP contribution >= 0.6 is 35.0 Å².